The zero-order valence-electron chi connectivity index (χ0n) is 12.1. The minimum atomic E-state index is -0.938. The minimum absolute atomic E-state index is 0.112. The summed E-state index contributed by atoms with van der Waals surface area (Å²) in [6.45, 7) is 5.26. The zero-order chi connectivity index (χ0) is 15.5. The summed E-state index contributed by atoms with van der Waals surface area (Å²) in [6, 6.07) is 0. The molecule has 0 aromatic carbocycles. The van der Waals surface area contributed by atoms with Crippen molar-refractivity contribution >= 4 is 17.5 Å². The number of nitrogens with zero attached hydrogens (tertiary/aromatic N) is 3. The monoisotopic (exact) mass is 284 g/mol. The van der Waals surface area contributed by atoms with Gasteiger partial charge in [0.05, 0.1) is 10.3 Å². The van der Waals surface area contributed by atoms with E-state index in [4.69, 9.17) is 0 Å². The molecule has 1 rings (SSSR count). The molecule has 0 saturated carbocycles. The SMILES string of the molecule is CCC(CC)(CNc1c([N+](=O)[O-])c(C)nn1C)C(=O)O. The Bertz CT molecular complexity index is 520. The van der Waals surface area contributed by atoms with Gasteiger partial charge in [-0.05, 0) is 19.8 Å². The number of nitrogens with one attached hydrogen (secondary N) is 1. The molecule has 1 aromatic heterocycles. The van der Waals surface area contributed by atoms with Crippen molar-refractivity contribution in [3.05, 3.63) is 15.8 Å². The van der Waals surface area contributed by atoms with Gasteiger partial charge in [0.15, 0.2) is 0 Å². The Kier molecular flexibility index (Phi) is 4.69. The van der Waals surface area contributed by atoms with Crippen LogP contribution < -0.4 is 5.32 Å². The number of nitro groups is 1. The highest BCUT2D eigenvalue weighted by molar-refractivity contribution is 5.75. The van der Waals surface area contributed by atoms with Crippen LogP contribution in [0.1, 0.15) is 32.4 Å². The van der Waals surface area contributed by atoms with E-state index in [2.05, 4.69) is 10.4 Å². The van der Waals surface area contributed by atoms with Gasteiger partial charge in [0.25, 0.3) is 0 Å². The summed E-state index contributed by atoms with van der Waals surface area (Å²) in [7, 11) is 1.59. The average molecular weight is 284 g/mol. The average Bonchev–Trinajstić information content (AvgIpc) is 2.65. The molecule has 2 N–H and O–H groups in total. The lowest BCUT2D eigenvalue weighted by molar-refractivity contribution is -0.384. The molecule has 1 aromatic rings. The second-order valence-electron chi connectivity index (χ2n) is 4.81. The van der Waals surface area contributed by atoms with Crippen LogP contribution in [-0.4, -0.2) is 32.3 Å². The molecule has 112 valence electrons. The molecule has 0 unspecified atom stereocenters. The minimum Gasteiger partial charge on any atom is -0.481 e. The highest BCUT2D eigenvalue weighted by atomic mass is 16.6. The fourth-order valence-electron chi connectivity index (χ4n) is 2.19. The Morgan fingerprint density at radius 2 is 2.05 bits per heavy atom. The highest BCUT2D eigenvalue weighted by Gasteiger charge is 2.36. The van der Waals surface area contributed by atoms with E-state index in [-0.39, 0.29) is 18.1 Å². The lowest BCUT2D eigenvalue weighted by Gasteiger charge is -2.27. The predicted octanol–water partition coefficient (Wildman–Crippen LogP) is 1.94. The normalized spacial score (nSPS) is 11.4. The summed E-state index contributed by atoms with van der Waals surface area (Å²) in [5, 5.41) is 27.3. The van der Waals surface area contributed by atoms with Crippen LogP contribution in [0, 0.1) is 22.5 Å². The molecule has 0 spiro atoms. The van der Waals surface area contributed by atoms with Gasteiger partial charge in [-0.25, -0.2) is 4.68 Å². The third kappa shape index (κ3) is 2.73. The maximum atomic E-state index is 11.4. The van der Waals surface area contributed by atoms with Crippen molar-refractivity contribution in [1.82, 2.24) is 9.78 Å². The van der Waals surface area contributed by atoms with Gasteiger partial charge in [-0.3, -0.25) is 14.9 Å². The molecule has 0 fully saturated rings. The molecule has 8 nitrogen and oxygen atoms in total. The molecule has 0 atom stereocenters. The molecule has 1 heterocycles. The van der Waals surface area contributed by atoms with E-state index in [1.807, 2.05) is 0 Å². The lowest BCUT2D eigenvalue weighted by atomic mass is 9.82. The molecule has 0 radical (unpaired) electrons. The Labute approximate surface area is 116 Å². The van der Waals surface area contributed by atoms with Crippen molar-refractivity contribution in [2.24, 2.45) is 12.5 Å². The second-order valence-corrected chi connectivity index (χ2v) is 4.81. The number of hydrogen-bond donors (Lipinski definition) is 2. The zero-order valence-corrected chi connectivity index (χ0v) is 12.1. The van der Waals surface area contributed by atoms with E-state index in [1.54, 1.807) is 27.8 Å². The van der Waals surface area contributed by atoms with Crippen molar-refractivity contribution < 1.29 is 14.8 Å². The maximum absolute atomic E-state index is 11.4. The van der Waals surface area contributed by atoms with E-state index in [9.17, 15) is 20.0 Å². The van der Waals surface area contributed by atoms with Crippen LogP contribution in [-0.2, 0) is 11.8 Å². The number of carboxylic acid groups (broad SMARTS) is 1. The van der Waals surface area contributed by atoms with Gasteiger partial charge in [-0.1, -0.05) is 13.8 Å². The standard InChI is InChI=1S/C12H20N4O4/c1-5-12(6-2,11(17)18)7-13-10-9(16(19)20)8(3)14-15(10)4/h13H,5-7H2,1-4H3,(H,17,18). The first-order valence-electron chi connectivity index (χ1n) is 6.44. The van der Waals surface area contributed by atoms with Gasteiger partial charge in [0.2, 0.25) is 5.82 Å². The highest BCUT2D eigenvalue weighted by Crippen LogP contribution is 2.31. The van der Waals surface area contributed by atoms with Crippen molar-refractivity contribution in [2.45, 2.75) is 33.6 Å². The van der Waals surface area contributed by atoms with Gasteiger partial charge in [-0.15, -0.1) is 0 Å². The smallest absolute Gasteiger partial charge is 0.333 e. The van der Waals surface area contributed by atoms with E-state index >= 15 is 0 Å². The van der Waals surface area contributed by atoms with Crippen LogP contribution in [0.4, 0.5) is 11.5 Å². The largest absolute Gasteiger partial charge is 0.481 e. The molecule has 0 aliphatic heterocycles. The predicted molar refractivity (Wildman–Crippen MR) is 73.7 cm³/mol. The van der Waals surface area contributed by atoms with Gasteiger partial charge in [-0.2, -0.15) is 5.10 Å². The van der Waals surface area contributed by atoms with E-state index in [0.717, 1.165) is 0 Å². The number of hydrogen-bond acceptors (Lipinski definition) is 5. The second kappa shape index (κ2) is 5.89. The first-order valence-corrected chi connectivity index (χ1v) is 6.44. The van der Waals surface area contributed by atoms with Crippen LogP contribution >= 0.6 is 0 Å². The van der Waals surface area contributed by atoms with E-state index in [0.29, 0.717) is 18.5 Å². The summed E-state index contributed by atoms with van der Waals surface area (Å²) in [5.41, 5.74) is -0.751. The third-order valence-corrected chi connectivity index (χ3v) is 3.77. The first-order chi connectivity index (χ1) is 9.29. The quantitative estimate of drug-likeness (QED) is 0.584. The number of anilines is 1. The number of carbonyl (C=O) groups is 1. The molecule has 0 amide bonds. The topological polar surface area (TPSA) is 110 Å². The Hall–Kier alpha value is -2.12. The summed E-state index contributed by atoms with van der Waals surface area (Å²) in [6.07, 6.45) is 0.882. The van der Waals surface area contributed by atoms with Crippen molar-refractivity contribution in [1.29, 1.82) is 0 Å². The van der Waals surface area contributed by atoms with Gasteiger partial charge in [0.1, 0.15) is 5.69 Å². The third-order valence-electron chi connectivity index (χ3n) is 3.77. The van der Waals surface area contributed by atoms with Crippen molar-refractivity contribution in [2.75, 3.05) is 11.9 Å². The van der Waals surface area contributed by atoms with Crippen LogP contribution in [0.5, 0.6) is 0 Å². The molecule has 0 aliphatic rings. The van der Waals surface area contributed by atoms with Crippen LogP contribution in [0.25, 0.3) is 0 Å². The number of rotatable bonds is 7. The molecule has 8 heteroatoms. The van der Waals surface area contributed by atoms with Gasteiger partial charge < -0.3 is 10.4 Å². The number of carboxylic acids is 1. The van der Waals surface area contributed by atoms with Crippen LogP contribution in [0.3, 0.4) is 0 Å². The fourth-order valence-corrected chi connectivity index (χ4v) is 2.19. The lowest BCUT2D eigenvalue weighted by Crippen LogP contribution is -2.37. The molecule has 20 heavy (non-hydrogen) atoms. The molecular weight excluding hydrogens is 264 g/mol. The van der Waals surface area contributed by atoms with Crippen molar-refractivity contribution in [3.63, 3.8) is 0 Å². The van der Waals surface area contributed by atoms with E-state index in [1.165, 1.54) is 4.68 Å². The van der Waals surface area contributed by atoms with Crippen LogP contribution in [0.15, 0.2) is 0 Å². The number of aromatic nitrogens is 2. The van der Waals surface area contributed by atoms with Crippen LogP contribution in [0.2, 0.25) is 0 Å². The van der Waals surface area contributed by atoms with Crippen molar-refractivity contribution in [3.8, 4) is 0 Å². The maximum Gasteiger partial charge on any atom is 0.333 e. The summed E-state index contributed by atoms with van der Waals surface area (Å²) < 4.78 is 1.37. The summed E-state index contributed by atoms with van der Waals surface area (Å²) in [4.78, 5) is 22.0. The fraction of sp³-hybridized carbons (Fsp3) is 0.667. The summed E-state index contributed by atoms with van der Waals surface area (Å²) >= 11 is 0. The number of aryl methyl sites for hydroxylation is 2. The Morgan fingerprint density at radius 1 is 1.50 bits per heavy atom. The molecule has 0 saturated heterocycles. The van der Waals surface area contributed by atoms with Gasteiger partial charge in [0, 0.05) is 13.6 Å². The first kappa shape index (κ1) is 15.9. The molecule has 0 aliphatic carbocycles. The number of aliphatic carboxylic acids is 1. The van der Waals surface area contributed by atoms with Gasteiger partial charge >= 0.3 is 11.7 Å². The Balaban J connectivity index is 3.06. The van der Waals surface area contributed by atoms with E-state index < -0.39 is 16.3 Å². The molecular formula is C12H20N4O4. The molecule has 0 bridgehead atoms. The summed E-state index contributed by atoms with van der Waals surface area (Å²) in [5.74, 6) is -0.670. The Morgan fingerprint density at radius 3 is 2.45 bits per heavy atom.